The molecule has 2 heterocycles. The number of ether oxygens (including phenoxy) is 1. The Morgan fingerprint density at radius 1 is 1.07 bits per heavy atom. The molecule has 0 N–H and O–H groups in total. The van der Waals surface area contributed by atoms with Crippen LogP contribution in [0.1, 0.15) is 46.6 Å². The van der Waals surface area contributed by atoms with E-state index in [-0.39, 0.29) is 17.1 Å². The van der Waals surface area contributed by atoms with Crippen molar-refractivity contribution in [3.63, 3.8) is 0 Å². The lowest BCUT2D eigenvalue weighted by Crippen LogP contribution is -2.31. The fraction of sp³-hybridized carbons (Fsp3) is 0.304. The molecule has 144 valence electrons. The van der Waals surface area contributed by atoms with Crippen LogP contribution in [0, 0.1) is 6.92 Å². The molecule has 1 aliphatic heterocycles. The summed E-state index contributed by atoms with van der Waals surface area (Å²) in [5.41, 5.74) is 2.78. The number of hydrogen-bond acceptors (Lipinski definition) is 4. The second-order valence-electron chi connectivity index (χ2n) is 7.03. The van der Waals surface area contributed by atoms with E-state index in [0.717, 1.165) is 11.1 Å². The third-order valence-corrected chi connectivity index (χ3v) is 5.16. The Hall–Kier alpha value is -2.92. The van der Waals surface area contributed by atoms with Gasteiger partial charge in [-0.15, -0.1) is 0 Å². The lowest BCUT2D eigenvalue weighted by atomic mass is 9.97. The van der Waals surface area contributed by atoms with Gasteiger partial charge in [0.25, 0.3) is 5.91 Å². The summed E-state index contributed by atoms with van der Waals surface area (Å²) in [6.45, 7) is 5.66. The van der Waals surface area contributed by atoms with Gasteiger partial charge in [0.05, 0.1) is 17.0 Å². The zero-order valence-electron chi connectivity index (χ0n) is 16.1. The molecule has 0 radical (unpaired) electrons. The summed E-state index contributed by atoms with van der Waals surface area (Å²) in [6.07, 6.45) is 0.698. The van der Waals surface area contributed by atoms with Crippen molar-refractivity contribution in [1.29, 1.82) is 0 Å². The maximum atomic E-state index is 13.3. The Morgan fingerprint density at radius 3 is 2.57 bits per heavy atom. The number of carbonyl (C=O) groups excluding carboxylic acids is 1. The van der Waals surface area contributed by atoms with E-state index in [4.69, 9.17) is 9.15 Å². The maximum absolute atomic E-state index is 13.3. The number of aryl methyl sites for hydroxylation is 1. The second kappa shape index (κ2) is 7.60. The van der Waals surface area contributed by atoms with Gasteiger partial charge in [0.1, 0.15) is 5.58 Å². The molecule has 0 bridgehead atoms. The van der Waals surface area contributed by atoms with Crippen molar-refractivity contribution >= 4 is 16.9 Å². The first-order valence-electron chi connectivity index (χ1n) is 9.63. The third-order valence-electron chi connectivity index (χ3n) is 5.16. The average molecular weight is 377 g/mol. The predicted octanol–water partition coefficient (Wildman–Crippen LogP) is 4.07. The van der Waals surface area contributed by atoms with Crippen molar-refractivity contribution in [2.24, 2.45) is 0 Å². The second-order valence-corrected chi connectivity index (χ2v) is 7.03. The normalized spacial score (nSPS) is 16.0. The summed E-state index contributed by atoms with van der Waals surface area (Å²) in [6, 6.07) is 14.6. The van der Waals surface area contributed by atoms with Crippen LogP contribution < -0.4 is 5.43 Å². The van der Waals surface area contributed by atoms with Crippen molar-refractivity contribution in [2.75, 3.05) is 19.8 Å². The zero-order chi connectivity index (χ0) is 19.7. The Morgan fingerprint density at radius 2 is 1.82 bits per heavy atom. The highest BCUT2D eigenvalue weighted by molar-refractivity contribution is 5.99. The van der Waals surface area contributed by atoms with Gasteiger partial charge in [-0.2, -0.15) is 0 Å². The van der Waals surface area contributed by atoms with E-state index < -0.39 is 6.04 Å². The van der Waals surface area contributed by atoms with Gasteiger partial charge in [0.15, 0.2) is 5.43 Å². The highest BCUT2D eigenvalue weighted by Gasteiger charge is 2.42. The Balaban J connectivity index is 1.84. The van der Waals surface area contributed by atoms with Crippen molar-refractivity contribution in [3.05, 3.63) is 81.2 Å². The van der Waals surface area contributed by atoms with Gasteiger partial charge in [0.2, 0.25) is 5.76 Å². The average Bonchev–Trinajstić information content (AvgIpc) is 2.98. The predicted molar refractivity (Wildman–Crippen MR) is 108 cm³/mol. The van der Waals surface area contributed by atoms with Crippen LogP contribution >= 0.6 is 0 Å². The molecule has 4 rings (SSSR count). The summed E-state index contributed by atoms with van der Waals surface area (Å²) in [5.74, 6) is -0.0781. The summed E-state index contributed by atoms with van der Waals surface area (Å²) >= 11 is 0. The molecular weight excluding hydrogens is 354 g/mol. The van der Waals surface area contributed by atoms with Gasteiger partial charge in [-0.05, 0) is 38.0 Å². The standard InChI is InChI=1S/C23H23NO4/c1-3-27-14-6-13-24-20(16-11-9-15(2)10-12-16)19-21(25)17-7-4-5-8-18(17)28-22(19)23(24)26/h4-5,7-12,20H,3,6,13-14H2,1-2H3/t20-/m1/s1. The number of para-hydroxylation sites is 1. The van der Waals surface area contributed by atoms with Gasteiger partial charge >= 0.3 is 0 Å². The van der Waals surface area contributed by atoms with Gasteiger partial charge in [-0.3, -0.25) is 9.59 Å². The van der Waals surface area contributed by atoms with Crippen LogP contribution in [-0.2, 0) is 4.74 Å². The molecule has 0 aliphatic carbocycles. The van der Waals surface area contributed by atoms with Crippen LogP contribution in [0.3, 0.4) is 0 Å². The van der Waals surface area contributed by atoms with Gasteiger partial charge in [-0.1, -0.05) is 42.0 Å². The highest BCUT2D eigenvalue weighted by Crippen LogP contribution is 2.38. The lowest BCUT2D eigenvalue weighted by Gasteiger charge is -2.25. The third kappa shape index (κ3) is 3.12. The molecule has 1 amide bonds. The Labute approximate surface area is 163 Å². The first-order valence-corrected chi connectivity index (χ1v) is 9.63. The van der Waals surface area contributed by atoms with E-state index in [0.29, 0.717) is 42.7 Å². The van der Waals surface area contributed by atoms with Gasteiger partial charge < -0.3 is 14.1 Å². The van der Waals surface area contributed by atoms with E-state index in [1.807, 2.05) is 44.2 Å². The fourth-order valence-electron chi connectivity index (χ4n) is 3.77. The van der Waals surface area contributed by atoms with Gasteiger partial charge in [0, 0.05) is 19.8 Å². The van der Waals surface area contributed by atoms with E-state index in [1.165, 1.54) is 0 Å². The largest absolute Gasteiger partial charge is 0.450 e. The van der Waals surface area contributed by atoms with Crippen LogP contribution in [0.4, 0.5) is 0 Å². The Bertz CT molecular complexity index is 1070. The van der Waals surface area contributed by atoms with Crippen LogP contribution in [0.2, 0.25) is 0 Å². The van der Waals surface area contributed by atoms with Crippen LogP contribution in [0.5, 0.6) is 0 Å². The first kappa shape index (κ1) is 18.4. The molecule has 1 atom stereocenters. The van der Waals surface area contributed by atoms with Crippen molar-refractivity contribution < 1.29 is 13.9 Å². The van der Waals surface area contributed by atoms with E-state index in [2.05, 4.69) is 0 Å². The molecule has 0 unspecified atom stereocenters. The summed E-state index contributed by atoms with van der Waals surface area (Å²) < 4.78 is 11.3. The molecule has 28 heavy (non-hydrogen) atoms. The van der Waals surface area contributed by atoms with Crippen LogP contribution in [-0.4, -0.2) is 30.6 Å². The Kier molecular flexibility index (Phi) is 5.01. The number of carbonyl (C=O) groups is 1. The molecule has 0 saturated heterocycles. The molecule has 1 aliphatic rings. The molecular formula is C23H23NO4. The highest BCUT2D eigenvalue weighted by atomic mass is 16.5. The smallest absolute Gasteiger partial charge is 0.290 e. The summed E-state index contributed by atoms with van der Waals surface area (Å²) in [7, 11) is 0. The van der Waals surface area contributed by atoms with Crippen LogP contribution in [0.25, 0.3) is 11.0 Å². The molecule has 5 nitrogen and oxygen atoms in total. The minimum atomic E-state index is -0.439. The first-order chi connectivity index (χ1) is 13.6. The molecule has 2 aromatic carbocycles. The van der Waals surface area contributed by atoms with E-state index in [1.54, 1.807) is 23.1 Å². The molecule has 0 fully saturated rings. The SMILES string of the molecule is CCOCCCN1C(=O)c2oc3ccccc3c(=O)c2[C@H]1c1ccc(C)cc1. The number of rotatable bonds is 6. The minimum absolute atomic E-state index is 0.136. The minimum Gasteiger partial charge on any atom is -0.450 e. The number of amides is 1. The maximum Gasteiger partial charge on any atom is 0.290 e. The van der Waals surface area contributed by atoms with Crippen molar-refractivity contribution in [2.45, 2.75) is 26.3 Å². The number of fused-ring (bicyclic) bond motifs is 2. The summed E-state index contributed by atoms with van der Waals surface area (Å²) in [5, 5.41) is 0.502. The van der Waals surface area contributed by atoms with Crippen molar-refractivity contribution in [3.8, 4) is 0 Å². The topological polar surface area (TPSA) is 59.8 Å². The van der Waals surface area contributed by atoms with Crippen molar-refractivity contribution in [1.82, 2.24) is 4.90 Å². The van der Waals surface area contributed by atoms with Gasteiger partial charge in [-0.25, -0.2) is 0 Å². The van der Waals surface area contributed by atoms with E-state index >= 15 is 0 Å². The van der Waals surface area contributed by atoms with Crippen LogP contribution in [0.15, 0.2) is 57.7 Å². The monoisotopic (exact) mass is 377 g/mol. The van der Waals surface area contributed by atoms with E-state index in [9.17, 15) is 9.59 Å². The molecule has 5 heteroatoms. The number of hydrogen-bond donors (Lipinski definition) is 0. The summed E-state index contributed by atoms with van der Waals surface area (Å²) in [4.78, 5) is 28.2. The zero-order valence-corrected chi connectivity index (χ0v) is 16.1. The number of nitrogens with zero attached hydrogens (tertiary/aromatic N) is 1. The molecule has 3 aromatic rings. The molecule has 0 saturated carbocycles. The molecule has 1 aromatic heterocycles. The lowest BCUT2D eigenvalue weighted by molar-refractivity contribution is 0.0696. The molecule has 0 spiro atoms. The fourth-order valence-corrected chi connectivity index (χ4v) is 3.77. The number of benzene rings is 2. The quantitative estimate of drug-likeness (QED) is 0.608.